The number of hydrogen-bond acceptors (Lipinski definition) is 4. The summed E-state index contributed by atoms with van der Waals surface area (Å²) in [5.74, 6) is 0.0989. The molecule has 0 aromatic rings. The van der Waals surface area contributed by atoms with Crippen molar-refractivity contribution in [2.24, 2.45) is 5.73 Å². The zero-order valence-electron chi connectivity index (χ0n) is 12.9. The molecule has 0 aliphatic rings. The van der Waals surface area contributed by atoms with Gasteiger partial charge < -0.3 is 15.8 Å². The fourth-order valence-electron chi connectivity index (χ4n) is 1.98. The van der Waals surface area contributed by atoms with Crippen molar-refractivity contribution in [1.82, 2.24) is 10.2 Å². The third-order valence-electron chi connectivity index (χ3n) is 3.49. The van der Waals surface area contributed by atoms with Gasteiger partial charge in [0, 0.05) is 26.2 Å². The van der Waals surface area contributed by atoms with Crippen molar-refractivity contribution in [2.75, 3.05) is 33.4 Å². The molecule has 5 nitrogen and oxygen atoms in total. The number of ether oxygens (including phenoxy) is 1. The maximum absolute atomic E-state index is 12.2. The van der Waals surface area contributed by atoms with Gasteiger partial charge in [0.2, 0.25) is 5.91 Å². The van der Waals surface area contributed by atoms with Crippen LogP contribution in [0.2, 0.25) is 0 Å². The molecule has 0 saturated carbocycles. The van der Waals surface area contributed by atoms with Crippen LogP contribution in [0.4, 0.5) is 0 Å². The molecule has 1 unspecified atom stereocenters. The summed E-state index contributed by atoms with van der Waals surface area (Å²) in [4.78, 5) is 14.3. The highest BCUT2D eigenvalue weighted by atomic mass is 16.5. The first kappa shape index (κ1) is 18.4. The van der Waals surface area contributed by atoms with Crippen molar-refractivity contribution in [2.45, 2.75) is 52.1 Å². The molecule has 114 valence electrons. The fraction of sp³-hybridized carbons (Fsp3) is 0.929. The number of rotatable bonds is 11. The highest BCUT2D eigenvalue weighted by molar-refractivity contribution is 5.81. The average molecular weight is 273 g/mol. The monoisotopic (exact) mass is 273 g/mol. The molecule has 3 N–H and O–H groups in total. The van der Waals surface area contributed by atoms with Gasteiger partial charge in [0.15, 0.2) is 0 Å². The Morgan fingerprint density at radius 1 is 1.32 bits per heavy atom. The largest absolute Gasteiger partial charge is 0.383 e. The minimum Gasteiger partial charge on any atom is -0.383 e. The summed E-state index contributed by atoms with van der Waals surface area (Å²) in [6, 6.07) is 0.135. The van der Waals surface area contributed by atoms with E-state index in [0.717, 1.165) is 32.4 Å². The fourth-order valence-corrected chi connectivity index (χ4v) is 1.98. The van der Waals surface area contributed by atoms with Gasteiger partial charge >= 0.3 is 0 Å². The lowest BCUT2D eigenvalue weighted by molar-refractivity contribution is -0.126. The third kappa shape index (κ3) is 7.50. The first-order valence-electron chi connectivity index (χ1n) is 7.34. The summed E-state index contributed by atoms with van der Waals surface area (Å²) in [6.07, 6.45) is 2.83. The van der Waals surface area contributed by atoms with Gasteiger partial charge in [-0.3, -0.25) is 9.69 Å². The van der Waals surface area contributed by atoms with E-state index in [1.165, 1.54) is 0 Å². The summed E-state index contributed by atoms with van der Waals surface area (Å²) in [7, 11) is 1.68. The Balaban J connectivity index is 4.40. The molecule has 19 heavy (non-hydrogen) atoms. The van der Waals surface area contributed by atoms with E-state index in [1.807, 2.05) is 6.92 Å². The molecule has 0 aromatic heterocycles. The number of nitrogens with two attached hydrogens (primary N) is 1. The van der Waals surface area contributed by atoms with Gasteiger partial charge in [-0.1, -0.05) is 13.8 Å². The lowest BCUT2D eigenvalue weighted by Gasteiger charge is -2.29. The zero-order chi connectivity index (χ0) is 14.7. The van der Waals surface area contributed by atoms with Crippen LogP contribution in [0.3, 0.4) is 0 Å². The number of nitrogens with one attached hydrogen (secondary N) is 1. The Kier molecular flexibility index (Phi) is 10.8. The van der Waals surface area contributed by atoms with Crippen molar-refractivity contribution in [1.29, 1.82) is 0 Å². The number of nitrogens with zero attached hydrogens (tertiary/aromatic N) is 1. The van der Waals surface area contributed by atoms with Crippen molar-refractivity contribution in [3.63, 3.8) is 0 Å². The van der Waals surface area contributed by atoms with Crippen molar-refractivity contribution in [3.05, 3.63) is 0 Å². The van der Waals surface area contributed by atoms with E-state index in [4.69, 9.17) is 10.5 Å². The Labute approximate surface area is 117 Å². The molecule has 0 aliphatic heterocycles. The van der Waals surface area contributed by atoms with Crippen LogP contribution in [-0.2, 0) is 9.53 Å². The van der Waals surface area contributed by atoms with E-state index in [2.05, 4.69) is 24.1 Å². The standard InChI is InChI=1S/C14H31N3O2/c1-5-13(6-2)16-14(18)12(3)17(9-7-8-15)10-11-19-4/h12-13H,5-11,15H2,1-4H3,(H,16,18). The second-order valence-electron chi connectivity index (χ2n) is 4.87. The first-order chi connectivity index (χ1) is 9.10. The van der Waals surface area contributed by atoms with Gasteiger partial charge in [0.05, 0.1) is 12.6 Å². The third-order valence-corrected chi connectivity index (χ3v) is 3.49. The van der Waals surface area contributed by atoms with Crippen LogP contribution in [0.1, 0.15) is 40.0 Å². The molecule has 1 atom stereocenters. The molecule has 1 amide bonds. The van der Waals surface area contributed by atoms with E-state index < -0.39 is 0 Å². The van der Waals surface area contributed by atoms with E-state index in [-0.39, 0.29) is 18.0 Å². The van der Waals surface area contributed by atoms with Gasteiger partial charge in [-0.05, 0) is 32.7 Å². The molecular weight excluding hydrogens is 242 g/mol. The molecule has 0 heterocycles. The van der Waals surface area contributed by atoms with E-state index in [1.54, 1.807) is 7.11 Å². The van der Waals surface area contributed by atoms with Crippen molar-refractivity contribution < 1.29 is 9.53 Å². The van der Waals surface area contributed by atoms with Crippen LogP contribution in [0, 0.1) is 0 Å². The molecule has 0 fully saturated rings. The predicted octanol–water partition coefficient (Wildman–Crippen LogP) is 0.977. The van der Waals surface area contributed by atoms with Gasteiger partial charge in [0.25, 0.3) is 0 Å². The maximum atomic E-state index is 12.2. The number of amides is 1. The Bertz CT molecular complexity index is 225. The molecule has 0 rings (SSSR count). The van der Waals surface area contributed by atoms with Crippen LogP contribution < -0.4 is 11.1 Å². The lowest BCUT2D eigenvalue weighted by atomic mass is 10.1. The molecule has 5 heteroatoms. The predicted molar refractivity (Wildman–Crippen MR) is 79.1 cm³/mol. The second-order valence-corrected chi connectivity index (χ2v) is 4.87. The van der Waals surface area contributed by atoms with Crippen LogP contribution in [-0.4, -0.2) is 56.2 Å². The van der Waals surface area contributed by atoms with Gasteiger partial charge in [0.1, 0.15) is 0 Å². The molecule has 0 bridgehead atoms. The minimum atomic E-state index is -0.137. The number of hydrogen-bond donors (Lipinski definition) is 2. The number of carbonyl (C=O) groups excluding carboxylic acids is 1. The molecule has 0 radical (unpaired) electrons. The molecule has 0 aliphatic carbocycles. The number of methoxy groups -OCH3 is 1. The summed E-state index contributed by atoms with van der Waals surface area (Å²) in [6.45, 7) is 9.00. The highest BCUT2D eigenvalue weighted by Gasteiger charge is 2.21. The van der Waals surface area contributed by atoms with Gasteiger partial charge in [-0.15, -0.1) is 0 Å². The van der Waals surface area contributed by atoms with Gasteiger partial charge in [-0.25, -0.2) is 0 Å². The normalized spacial score (nSPS) is 13.0. The first-order valence-corrected chi connectivity index (χ1v) is 7.34. The quantitative estimate of drug-likeness (QED) is 0.589. The molecule has 0 aromatic carbocycles. The summed E-state index contributed by atoms with van der Waals surface area (Å²) in [5, 5.41) is 3.10. The summed E-state index contributed by atoms with van der Waals surface area (Å²) < 4.78 is 5.10. The Hall–Kier alpha value is -0.650. The molecule has 0 saturated heterocycles. The van der Waals surface area contributed by atoms with Crippen LogP contribution >= 0.6 is 0 Å². The zero-order valence-corrected chi connectivity index (χ0v) is 12.9. The van der Waals surface area contributed by atoms with E-state index >= 15 is 0 Å². The maximum Gasteiger partial charge on any atom is 0.237 e. The smallest absolute Gasteiger partial charge is 0.237 e. The average Bonchev–Trinajstić information content (AvgIpc) is 2.43. The molecular formula is C14H31N3O2. The highest BCUT2D eigenvalue weighted by Crippen LogP contribution is 2.03. The lowest BCUT2D eigenvalue weighted by Crippen LogP contribution is -2.49. The minimum absolute atomic E-state index is 0.0989. The van der Waals surface area contributed by atoms with E-state index in [0.29, 0.717) is 13.2 Å². The van der Waals surface area contributed by atoms with Crippen LogP contribution in [0.5, 0.6) is 0 Å². The van der Waals surface area contributed by atoms with Crippen molar-refractivity contribution >= 4 is 5.91 Å². The summed E-state index contributed by atoms with van der Waals surface area (Å²) >= 11 is 0. The SMILES string of the molecule is CCC(CC)NC(=O)C(C)N(CCCN)CCOC. The Morgan fingerprint density at radius 3 is 2.42 bits per heavy atom. The van der Waals surface area contributed by atoms with Crippen LogP contribution in [0.25, 0.3) is 0 Å². The molecule has 0 spiro atoms. The topological polar surface area (TPSA) is 67.6 Å². The second kappa shape index (κ2) is 11.2. The van der Waals surface area contributed by atoms with Crippen LogP contribution in [0.15, 0.2) is 0 Å². The summed E-state index contributed by atoms with van der Waals surface area (Å²) in [5.41, 5.74) is 5.55. The number of carbonyl (C=O) groups is 1. The van der Waals surface area contributed by atoms with E-state index in [9.17, 15) is 4.79 Å². The van der Waals surface area contributed by atoms with Gasteiger partial charge in [-0.2, -0.15) is 0 Å². The van der Waals surface area contributed by atoms with Crippen molar-refractivity contribution in [3.8, 4) is 0 Å². The Morgan fingerprint density at radius 2 is 1.95 bits per heavy atom.